The molecule has 0 aromatic carbocycles. The third-order valence-corrected chi connectivity index (χ3v) is 2.12. The first-order valence-electron chi connectivity index (χ1n) is 5.10. The Bertz CT molecular complexity index is 184. The van der Waals surface area contributed by atoms with Crippen LogP contribution >= 0.6 is 0 Å². The zero-order valence-corrected chi connectivity index (χ0v) is 9.84. The van der Waals surface area contributed by atoms with Crippen molar-refractivity contribution in [3.63, 3.8) is 0 Å². The lowest BCUT2D eigenvalue weighted by molar-refractivity contribution is -0.122. The minimum absolute atomic E-state index is 0.00869. The predicted molar refractivity (Wildman–Crippen MR) is 58.6 cm³/mol. The molecule has 0 rings (SSSR count). The van der Waals surface area contributed by atoms with Crippen molar-refractivity contribution < 1.29 is 14.3 Å². The van der Waals surface area contributed by atoms with Gasteiger partial charge in [0.15, 0.2) is 0 Å². The summed E-state index contributed by atoms with van der Waals surface area (Å²) < 4.78 is 10.2. The molecule has 0 aliphatic rings. The van der Waals surface area contributed by atoms with Crippen molar-refractivity contribution in [3.8, 4) is 0 Å². The highest BCUT2D eigenvalue weighted by molar-refractivity contribution is 5.74. The largest absolute Gasteiger partial charge is 0.379 e. The van der Waals surface area contributed by atoms with Gasteiger partial charge in [0, 0.05) is 13.7 Å². The van der Waals surface area contributed by atoms with Gasteiger partial charge in [-0.25, -0.2) is 0 Å². The Morgan fingerprint density at radius 2 is 2.07 bits per heavy atom. The van der Waals surface area contributed by atoms with Gasteiger partial charge in [-0.15, -0.1) is 0 Å². The first-order valence-corrected chi connectivity index (χ1v) is 5.10. The van der Waals surface area contributed by atoms with Crippen molar-refractivity contribution in [3.05, 3.63) is 0 Å². The molecule has 0 aliphatic heterocycles. The Balaban J connectivity index is 3.22. The highest BCUT2D eigenvalue weighted by Gasteiger charge is 2.14. The van der Waals surface area contributed by atoms with Crippen LogP contribution in [0.2, 0.25) is 0 Å². The van der Waals surface area contributed by atoms with Gasteiger partial charge in [0.1, 0.15) is 6.61 Å². The number of nitrogens with one attached hydrogen (secondary N) is 1. The number of methoxy groups -OCH3 is 1. The van der Waals surface area contributed by atoms with Crippen LogP contribution in [0.3, 0.4) is 0 Å². The predicted octanol–water partition coefficient (Wildman–Crippen LogP) is -0.107. The summed E-state index contributed by atoms with van der Waals surface area (Å²) in [5.41, 5.74) is 4.81. The molecule has 0 heterocycles. The maximum absolute atomic E-state index is 10.3. The number of primary amides is 1. The Labute approximate surface area is 91.3 Å². The van der Waals surface area contributed by atoms with Gasteiger partial charge < -0.3 is 20.5 Å². The molecule has 0 radical (unpaired) electrons. The fourth-order valence-corrected chi connectivity index (χ4v) is 0.934. The number of amides is 1. The van der Waals surface area contributed by atoms with Crippen LogP contribution < -0.4 is 11.1 Å². The van der Waals surface area contributed by atoms with Gasteiger partial charge in [-0.2, -0.15) is 0 Å². The molecule has 0 fully saturated rings. The quantitative estimate of drug-likeness (QED) is 0.530. The Morgan fingerprint density at radius 1 is 1.40 bits per heavy atom. The lowest BCUT2D eigenvalue weighted by atomic mass is 10.1. The third-order valence-electron chi connectivity index (χ3n) is 2.12. The van der Waals surface area contributed by atoms with E-state index in [1.165, 1.54) is 0 Å². The van der Waals surface area contributed by atoms with Crippen LogP contribution in [0.4, 0.5) is 0 Å². The van der Waals surface area contributed by atoms with Gasteiger partial charge in [0.2, 0.25) is 5.91 Å². The summed E-state index contributed by atoms with van der Waals surface area (Å²) in [5.74, 6) is -0.435. The number of carbonyl (C=O) groups excluding carboxylic acids is 1. The molecule has 5 nitrogen and oxygen atoms in total. The molecule has 90 valence electrons. The van der Waals surface area contributed by atoms with Crippen LogP contribution in [-0.4, -0.2) is 44.9 Å². The van der Waals surface area contributed by atoms with E-state index in [1.807, 2.05) is 13.8 Å². The molecule has 0 aromatic rings. The van der Waals surface area contributed by atoms with E-state index in [1.54, 1.807) is 7.11 Å². The number of hydrogen-bond donors (Lipinski definition) is 2. The number of hydrogen-bond acceptors (Lipinski definition) is 4. The molecule has 0 spiro atoms. The zero-order chi connectivity index (χ0) is 11.7. The normalized spacial score (nSPS) is 11.7. The first-order chi connectivity index (χ1) is 6.98. The van der Waals surface area contributed by atoms with E-state index in [-0.39, 0.29) is 12.2 Å². The highest BCUT2D eigenvalue weighted by atomic mass is 16.5. The number of carbonyl (C=O) groups is 1. The second-order valence-electron chi connectivity index (χ2n) is 3.98. The van der Waals surface area contributed by atoms with E-state index >= 15 is 0 Å². The van der Waals surface area contributed by atoms with Crippen molar-refractivity contribution in [2.75, 3.05) is 33.4 Å². The molecule has 0 bridgehead atoms. The molecule has 0 aliphatic carbocycles. The average Bonchev–Trinajstić information content (AvgIpc) is 2.16. The number of ether oxygens (including phenoxy) is 2. The lowest BCUT2D eigenvalue weighted by Gasteiger charge is -2.22. The van der Waals surface area contributed by atoms with Crippen molar-refractivity contribution in [1.82, 2.24) is 5.32 Å². The van der Waals surface area contributed by atoms with Crippen LogP contribution in [0, 0.1) is 0 Å². The molecule has 0 unspecified atom stereocenters. The Hall–Kier alpha value is -0.650. The lowest BCUT2D eigenvalue weighted by Crippen LogP contribution is -2.30. The molecule has 0 saturated carbocycles. The van der Waals surface area contributed by atoms with Gasteiger partial charge in [0.05, 0.1) is 12.2 Å². The summed E-state index contributed by atoms with van der Waals surface area (Å²) in [7, 11) is 1.70. The zero-order valence-electron chi connectivity index (χ0n) is 9.84. The monoisotopic (exact) mass is 218 g/mol. The molecule has 0 atom stereocenters. The van der Waals surface area contributed by atoms with Gasteiger partial charge in [0.25, 0.3) is 0 Å². The fraction of sp³-hybridized carbons (Fsp3) is 0.900. The number of rotatable bonds is 9. The SMILES string of the molecule is COC(C)(C)CCNCCOCC(N)=O. The Morgan fingerprint density at radius 3 is 2.60 bits per heavy atom. The van der Waals surface area contributed by atoms with Crippen molar-refractivity contribution in [2.24, 2.45) is 5.73 Å². The molecule has 5 heteroatoms. The summed E-state index contributed by atoms with van der Waals surface area (Å²) >= 11 is 0. The minimum Gasteiger partial charge on any atom is -0.379 e. The van der Waals surface area contributed by atoms with Crippen LogP contribution in [0.25, 0.3) is 0 Å². The summed E-state index contributed by atoms with van der Waals surface area (Å²) in [6, 6.07) is 0. The molecule has 1 amide bonds. The van der Waals surface area contributed by atoms with E-state index in [0.29, 0.717) is 13.2 Å². The molecule has 3 N–H and O–H groups in total. The van der Waals surface area contributed by atoms with Gasteiger partial charge >= 0.3 is 0 Å². The molecule has 0 saturated heterocycles. The molecular weight excluding hydrogens is 196 g/mol. The first kappa shape index (κ1) is 14.3. The number of nitrogens with two attached hydrogens (primary N) is 1. The van der Waals surface area contributed by atoms with Gasteiger partial charge in [-0.1, -0.05) is 0 Å². The van der Waals surface area contributed by atoms with Crippen LogP contribution in [-0.2, 0) is 14.3 Å². The topological polar surface area (TPSA) is 73.6 Å². The summed E-state index contributed by atoms with van der Waals surface area (Å²) in [6.45, 7) is 6.14. The van der Waals surface area contributed by atoms with E-state index in [4.69, 9.17) is 15.2 Å². The van der Waals surface area contributed by atoms with Crippen molar-refractivity contribution in [2.45, 2.75) is 25.9 Å². The standard InChI is InChI=1S/C10H22N2O3/c1-10(2,14-3)4-5-12-6-7-15-8-9(11)13/h12H,4-8H2,1-3H3,(H2,11,13). The summed E-state index contributed by atoms with van der Waals surface area (Å²) in [5, 5.41) is 3.19. The van der Waals surface area contributed by atoms with E-state index in [2.05, 4.69) is 5.32 Å². The highest BCUT2D eigenvalue weighted by Crippen LogP contribution is 2.10. The maximum atomic E-state index is 10.3. The summed E-state index contributed by atoms with van der Waals surface area (Å²) in [6.07, 6.45) is 0.930. The van der Waals surface area contributed by atoms with Crippen molar-refractivity contribution in [1.29, 1.82) is 0 Å². The van der Waals surface area contributed by atoms with Crippen LogP contribution in [0.1, 0.15) is 20.3 Å². The fourth-order valence-electron chi connectivity index (χ4n) is 0.934. The van der Waals surface area contributed by atoms with Crippen LogP contribution in [0.5, 0.6) is 0 Å². The second kappa shape index (κ2) is 7.62. The summed E-state index contributed by atoms with van der Waals surface area (Å²) in [4.78, 5) is 10.3. The van der Waals surface area contributed by atoms with E-state index in [0.717, 1.165) is 13.0 Å². The van der Waals surface area contributed by atoms with Gasteiger partial charge in [-0.05, 0) is 26.8 Å². The molecular formula is C10H22N2O3. The third kappa shape index (κ3) is 9.65. The molecule has 15 heavy (non-hydrogen) atoms. The Kier molecular flexibility index (Phi) is 7.29. The molecule has 0 aromatic heterocycles. The minimum atomic E-state index is -0.435. The second-order valence-corrected chi connectivity index (χ2v) is 3.98. The smallest absolute Gasteiger partial charge is 0.243 e. The maximum Gasteiger partial charge on any atom is 0.243 e. The van der Waals surface area contributed by atoms with E-state index in [9.17, 15) is 4.79 Å². The van der Waals surface area contributed by atoms with Gasteiger partial charge in [-0.3, -0.25) is 4.79 Å². The van der Waals surface area contributed by atoms with Crippen molar-refractivity contribution >= 4 is 5.91 Å². The average molecular weight is 218 g/mol. The van der Waals surface area contributed by atoms with Crippen LogP contribution in [0.15, 0.2) is 0 Å². The van der Waals surface area contributed by atoms with E-state index < -0.39 is 5.91 Å².